The highest BCUT2D eigenvalue weighted by Gasteiger charge is 2.26. The smallest absolute Gasteiger partial charge is 0.244 e. The molecule has 1 N–H and O–H groups in total. The SMILES string of the molecule is CCNC(=NCC(=O)N1CCc2sccc2C1)N1CCSC(C(C)C)C1.I. The molecule has 0 radical (unpaired) electrons. The lowest BCUT2D eigenvalue weighted by molar-refractivity contribution is -0.130. The van der Waals surface area contributed by atoms with E-state index in [1.54, 1.807) is 11.3 Å². The van der Waals surface area contributed by atoms with E-state index >= 15 is 0 Å². The summed E-state index contributed by atoms with van der Waals surface area (Å²) in [5.74, 6) is 2.79. The van der Waals surface area contributed by atoms with Gasteiger partial charge in [0.2, 0.25) is 5.91 Å². The zero-order chi connectivity index (χ0) is 18.5. The molecule has 3 heterocycles. The number of amides is 1. The second-order valence-electron chi connectivity index (χ2n) is 7.20. The Bertz CT molecular complexity index is 649. The topological polar surface area (TPSA) is 47.9 Å². The Labute approximate surface area is 188 Å². The molecule has 2 aliphatic heterocycles. The van der Waals surface area contributed by atoms with Crippen molar-refractivity contribution in [2.45, 2.75) is 39.0 Å². The second-order valence-corrected chi connectivity index (χ2v) is 9.55. The van der Waals surface area contributed by atoms with Crippen molar-refractivity contribution in [3.63, 3.8) is 0 Å². The maximum absolute atomic E-state index is 12.7. The van der Waals surface area contributed by atoms with Crippen LogP contribution in [-0.2, 0) is 17.8 Å². The second kappa shape index (κ2) is 10.9. The third-order valence-electron chi connectivity index (χ3n) is 5.00. The number of thioether (sulfide) groups is 1. The van der Waals surface area contributed by atoms with Gasteiger partial charge in [0.15, 0.2) is 5.96 Å². The molecule has 2 aliphatic rings. The van der Waals surface area contributed by atoms with E-state index in [-0.39, 0.29) is 36.4 Å². The number of carbonyl (C=O) groups is 1. The average molecular weight is 523 g/mol. The Hall–Kier alpha value is -0.480. The third-order valence-corrected chi connectivity index (χ3v) is 7.56. The Morgan fingerprint density at radius 1 is 1.37 bits per heavy atom. The summed E-state index contributed by atoms with van der Waals surface area (Å²) >= 11 is 3.85. The molecule has 27 heavy (non-hydrogen) atoms. The van der Waals surface area contributed by atoms with Gasteiger partial charge in [-0.05, 0) is 36.3 Å². The van der Waals surface area contributed by atoms with E-state index < -0.39 is 0 Å². The van der Waals surface area contributed by atoms with Crippen LogP contribution in [0.1, 0.15) is 31.2 Å². The van der Waals surface area contributed by atoms with Crippen molar-refractivity contribution in [3.05, 3.63) is 21.9 Å². The van der Waals surface area contributed by atoms with Crippen molar-refractivity contribution in [1.29, 1.82) is 0 Å². The van der Waals surface area contributed by atoms with Crippen molar-refractivity contribution in [3.8, 4) is 0 Å². The lowest BCUT2D eigenvalue weighted by atomic mass is 10.1. The molecule has 5 nitrogen and oxygen atoms in total. The van der Waals surface area contributed by atoms with Crippen molar-refractivity contribution in [2.24, 2.45) is 10.9 Å². The maximum atomic E-state index is 12.7. The molecule has 1 aromatic rings. The molecule has 0 aliphatic carbocycles. The minimum absolute atomic E-state index is 0. The van der Waals surface area contributed by atoms with E-state index in [1.807, 2.05) is 4.90 Å². The Balaban J connectivity index is 0.00000261. The Kier molecular flexibility index (Phi) is 9.21. The third kappa shape index (κ3) is 6.00. The number of thiophene rings is 1. The Morgan fingerprint density at radius 3 is 2.93 bits per heavy atom. The molecule has 1 fully saturated rings. The lowest BCUT2D eigenvalue weighted by Gasteiger charge is -2.36. The van der Waals surface area contributed by atoms with Gasteiger partial charge < -0.3 is 15.1 Å². The molecule has 0 bridgehead atoms. The van der Waals surface area contributed by atoms with E-state index in [2.05, 4.69) is 59.2 Å². The van der Waals surface area contributed by atoms with Gasteiger partial charge in [0, 0.05) is 48.6 Å². The fourth-order valence-electron chi connectivity index (χ4n) is 3.40. The summed E-state index contributed by atoms with van der Waals surface area (Å²) in [5.41, 5.74) is 1.30. The molecule has 1 amide bonds. The number of hydrogen-bond donors (Lipinski definition) is 1. The minimum Gasteiger partial charge on any atom is -0.357 e. The summed E-state index contributed by atoms with van der Waals surface area (Å²) < 4.78 is 0. The molecule has 152 valence electrons. The van der Waals surface area contributed by atoms with Crippen molar-refractivity contribution >= 4 is 58.9 Å². The van der Waals surface area contributed by atoms with Crippen LogP contribution in [0.15, 0.2) is 16.4 Å². The first kappa shape index (κ1) is 22.8. The van der Waals surface area contributed by atoms with Crippen LogP contribution in [0.4, 0.5) is 0 Å². The lowest BCUT2D eigenvalue weighted by Crippen LogP contribution is -2.49. The molecular weight excluding hydrogens is 491 g/mol. The number of carbonyl (C=O) groups excluding carboxylic acids is 1. The first-order chi connectivity index (χ1) is 12.6. The highest BCUT2D eigenvalue weighted by molar-refractivity contribution is 14.0. The quantitative estimate of drug-likeness (QED) is 0.375. The fourth-order valence-corrected chi connectivity index (χ4v) is 5.59. The van der Waals surface area contributed by atoms with Gasteiger partial charge in [-0.15, -0.1) is 35.3 Å². The normalized spacial score (nSPS) is 20.3. The number of fused-ring (bicyclic) bond motifs is 1. The van der Waals surface area contributed by atoms with E-state index in [1.165, 1.54) is 10.4 Å². The number of halogens is 1. The molecule has 1 unspecified atom stereocenters. The molecule has 8 heteroatoms. The van der Waals surface area contributed by atoms with Gasteiger partial charge in [-0.1, -0.05) is 13.8 Å². The highest BCUT2D eigenvalue weighted by atomic mass is 127. The maximum Gasteiger partial charge on any atom is 0.244 e. The first-order valence-corrected chi connectivity index (χ1v) is 11.5. The molecule has 0 spiro atoms. The number of guanidine groups is 1. The number of aliphatic imine (C=N–C) groups is 1. The number of nitrogens with one attached hydrogen (secondary N) is 1. The Morgan fingerprint density at radius 2 is 2.19 bits per heavy atom. The summed E-state index contributed by atoms with van der Waals surface area (Å²) in [7, 11) is 0. The molecule has 1 aromatic heterocycles. The van der Waals surface area contributed by atoms with Gasteiger partial charge >= 0.3 is 0 Å². The van der Waals surface area contributed by atoms with Crippen LogP contribution in [0.3, 0.4) is 0 Å². The zero-order valence-electron chi connectivity index (χ0n) is 16.4. The zero-order valence-corrected chi connectivity index (χ0v) is 20.4. The molecule has 3 rings (SSSR count). The van der Waals surface area contributed by atoms with Crippen LogP contribution >= 0.6 is 47.1 Å². The van der Waals surface area contributed by atoms with Crippen molar-refractivity contribution in [1.82, 2.24) is 15.1 Å². The fraction of sp³-hybridized carbons (Fsp3) is 0.684. The standard InChI is InChI=1S/C19H30N4OS2.HI/c1-4-20-19(23-8-10-26-17(13-23)14(2)3)21-11-18(24)22-7-5-16-15(12-22)6-9-25-16;/h6,9,14,17H,4-5,7-8,10-13H2,1-3H3,(H,20,21);1H. The van der Waals surface area contributed by atoms with E-state index in [0.717, 1.165) is 50.9 Å². The van der Waals surface area contributed by atoms with E-state index in [4.69, 9.17) is 0 Å². The van der Waals surface area contributed by atoms with Crippen LogP contribution in [0.2, 0.25) is 0 Å². The number of hydrogen-bond acceptors (Lipinski definition) is 4. The average Bonchev–Trinajstić information content (AvgIpc) is 3.12. The molecular formula is C19H31IN4OS2. The summed E-state index contributed by atoms with van der Waals surface area (Å²) in [6, 6.07) is 2.14. The van der Waals surface area contributed by atoms with Gasteiger partial charge in [-0.2, -0.15) is 11.8 Å². The summed E-state index contributed by atoms with van der Waals surface area (Å²) in [6.45, 7) is 11.3. The predicted octanol–water partition coefficient (Wildman–Crippen LogP) is 3.29. The summed E-state index contributed by atoms with van der Waals surface area (Å²) in [5, 5.41) is 6.13. The van der Waals surface area contributed by atoms with E-state index in [0.29, 0.717) is 11.2 Å². The minimum atomic E-state index is 0. The number of nitrogens with zero attached hydrogens (tertiary/aromatic N) is 3. The van der Waals surface area contributed by atoms with Crippen LogP contribution in [0.25, 0.3) is 0 Å². The van der Waals surface area contributed by atoms with Crippen molar-refractivity contribution < 1.29 is 4.79 Å². The van der Waals surface area contributed by atoms with Crippen LogP contribution in [0, 0.1) is 5.92 Å². The van der Waals surface area contributed by atoms with Gasteiger partial charge in [0.05, 0.1) is 0 Å². The molecule has 0 saturated carbocycles. The predicted molar refractivity (Wildman–Crippen MR) is 127 cm³/mol. The molecule has 0 aromatic carbocycles. The monoisotopic (exact) mass is 522 g/mol. The van der Waals surface area contributed by atoms with Crippen LogP contribution < -0.4 is 5.32 Å². The summed E-state index contributed by atoms with van der Waals surface area (Å²) in [4.78, 5) is 23.1. The van der Waals surface area contributed by atoms with Crippen LogP contribution in [-0.4, -0.2) is 65.4 Å². The van der Waals surface area contributed by atoms with Crippen molar-refractivity contribution in [2.75, 3.05) is 38.5 Å². The van der Waals surface area contributed by atoms with Gasteiger partial charge in [0.25, 0.3) is 0 Å². The first-order valence-electron chi connectivity index (χ1n) is 9.56. The molecule has 1 atom stereocenters. The highest BCUT2D eigenvalue weighted by Crippen LogP contribution is 2.25. The van der Waals surface area contributed by atoms with Crippen LogP contribution in [0.5, 0.6) is 0 Å². The van der Waals surface area contributed by atoms with Gasteiger partial charge in [0.1, 0.15) is 6.54 Å². The number of rotatable bonds is 4. The largest absolute Gasteiger partial charge is 0.357 e. The summed E-state index contributed by atoms with van der Waals surface area (Å²) in [6.07, 6.45) is 0.974. The van der Waals surface area contributed by atoms with Gasteiger partial charge in [-0.25, -0.2) is 4.99 Å². The van der Waals surface area contributed by atoms with E-state index in [9.17, 15) is 4.79 Å². The molecule has 1 saturated heterocycles. The van der Waals surface area contributed by atoms with Gasteiger partial charge in [-0.3, -0.25) is 4.79 Å².